The molecule has 1 heterocycles. The Bertz CT molecular complexity index is 1250. The molecule has 3 rings (SSSR count). The van der Waals surface area contributed by atoms with Crippen LogP contribution in [0, 0.1) is 0 Å². The van der Waals surface area contributed by atoms with Crippen LogP contribution in [0.1, 0.15) is 44.5 Å². The van der Waals surface area contributed by atoms with Crippen LogP contribution in [0.4, 0.5) is 0 Å². The van der Waals surface area contributed by atoms with Gasteiger partial charge in [-0.2, -0.15) is 9.78 Å². The number of hydrogen-bond donors (Lipinski definition) is 0. The molecule has 0 N–H and O–H groups in total. The topological polar surface area (TPSA) is 92.0 Å². The summed E-state index contributed by atoms with van der Waals surface area (Å²) in [5.74, 6) is 0.773. The maximum Gasteiger partial charge on any atom is 0.346 e. The van der Waals surface area contributed by atoms with E-state index in [1.54, 1.807) is 31.2 Å². The Labute approximate surface area is 200 Å². The number of carbonyl (C=O) groups is 1. The highest BCUT2D eigenvalue weighted by Gasteiger charge is 2.20. The van der Waals surface area contributed by atoms with E-state index in [9.17, 15) is 9.59 Å². The SMILES string of the molecule is CC[C@@H](C)c1nc2ccc(Br)cc2c(=O)n1N=Cc1cccc(OC)c1O[C@H](C)C(=O)OC. The smallest absolute Gasteiger partial charge is 0.346 e. The molecule has 8 nitrogen and oxygen atoms in total. The van der Waals surface area contributed by atoms with E-state index in [0.717, 1.165) is 10.9 Å². The molecule has 9 heteroatoms. The van der Waals surface area contributed by atoms with Crippen molar-refractivity contribution in [2.75, 3.05) is 14.2 Å². The molecule has 2 aromatic carbocycles. The molecular formula is C24H26BrN3O5. The Hall–Kier alpha value is -3.20. The third-order valence-corrected chi connectivity index (χ3v) is 5.75. The van der Waals surface area contributed by atoms with E-state index >= 15 is 0 Å². The van der Waals surface area contributed by atoms with Crippen molar-refractivity contribution in [3.05, 3.63) is 62.6 Å². The number of para-hydroxylation sites is 1. The van der Waals surface area contributed by atoms with Gasteiger partial charge in [-0.05, 0) is 43.7 Å². The minimum atomic E-state index is -0.864. The number of hydrogen-bond acceptors (Lipinski definition) is 7. The van der Waals surface area contributed by atoms with Gasteiger partial charge in [-0.25, -0.2) is 9.78 Å². The van der Waals surface area contributed by atoms with Crippen molar-refractivity contribution >= 4 is 39.0 Å². The minimum Gasteiger partial charge on any atom is -0.493 e. The van der Waals surface area contributed by atoms with Gasteiger partial charge >= 0.3 is 5.97 Å². The standard InChI is InChI=1S/C24H26BrN3O5/c1-6-14(2)22-27-19-11-10-17(25)12-18(19)23(29)28(22)26-13-16-8-7-9-20(31-4)21(16)33-15(3)24(30)32-5/h7-15H,6H2,1-5H3/t14-,15-/m1/s1. The molecule has 2 atom stereocenters. The predicted molar refractivity (Wildman–Crippen MR) is 131 cm³/mol. The minimum absolute atomic E-state index is 0.00303. The molecule has 1 aromatic heterocycles. The van der Waals surface area contributed by atoms with Crippen LogP contribution in [0.25, 0.3) is 10.9 Å². The first kappa shape index (κ1) is 24.4. The number of aromatic nitrogens is 2. The van der Waals surface area contributed by atoms with Gasteiger partial charge < -0.3 is 14.2 Å². The molecule has 0 radical (unpaired) electrons. The summed E-state index contributed by atoms with van der Waals surface area (Å²) in [7, 11) is 2.79. The average Bonchev–Trinajstić information content (AvgIpc) is 2.83. The first-order valence-electron chi connectivity index (χ1n) is 10.5. The fourth-order valence-corrected chi connectivity index (χ4v) is 3.57. The molecule has 174 valence electrons. The van der Waals surface area contributed by atoms with E-state index in [1.807, 2.05) is 26.0 Å². The lowest BCUT2D eigenvalue weighted by molar-refractivity contribution is -0.147. The van der Waals surface area contributed by atoms with Gasteiger partial charge in [-0.1, -0.05) is 35.8 Å². The molecular weight excluding hydrogens is 490 g/mol. The van der Waals surface area contributed by atoms with Crippen molar-refractivity contribution in [1.29, 1.82) is 0 Å². The Balaban J connectivity index is 2.15. The lowest BCUT2D eigenvalue weighted by Gasteiger charge is -2.17. The summed E-state index contributed by atoms with van der Waals surface area (Å²) in [6, 6.07) is 10.6. The third-order valence-electron chi connectivity index (χ3n) is 5.26. The van der Waals surface area contributed by atoms with Gasteiger partial charge in [-0.3, -0.25) is 4.79 Å². The molecule has 0 saturated carbocycles. The normalized spacial score (nSPS) is 13.2. The zero-order valence-electron chi connectivity index (χ0n) is 19.2. The van der Waals surface area contributed by atoms with Gasteiger partial charge in [0, 0.05) is 16.0 Å². The fourth-order valence-electron chi connectivity index (χ4n) is 3.21. The van der Waals surface area contributed by atoms with Crippen LogP contribution >= 0.6 is 15.9 Å². The van der Waals surface area contributed by atoms with Crippen LogP contribution in [0.3, 0.4) is 0 Å². The van der Waals surface area contributed by atoms with Gasteiger partial charge in [0.25, 0.3) is 5.56 Å². The summed E-state index contributed by atoms with van der Waals surface area (Å²) in [5, 5.41) is 4.94. The average molecular weight is 516 g/mol. The van der Waals surface area contributed by atoms with Crippen molar-refractivity contribution < 1.29 is 19.0 Å². The number of carbonyl (C=O) groups excluding carboxylic acids is 1. The zero-order chi connectivity index (χ0) is 24.1. The Morgan fingerprint density at radius 3 is 2.67 bits per heavy atom. The summed E-state index contributed by atoms with van der Waals surface area (Å²) < 4.78 is 18.1. The van der Waals surface area contributed by atoms with Gasteiger partial charge in [0.1, 0.15) is 5.82 Å². The van der Waals surface area contributed by atoms with E-state index in [0.29, 0.717) is 33.8 Å². The summed E-state index contributed by atoms with van der Waals surface area (Å²) in [5.41, 5.74) is 0.866. The molecule has 0 spiro atoms. The zero-order valence-corrected chi connectivity index (χ0v) is 20.8. The highest BCUT2D eigenvalue weighted by Crippen LogP contribution is 2.31. The maximum absolute atomic E-state index is 13.3. The quantitative estimate of drug-likeness (QED) is 0.323. The van der Waals surface area contributed by atoms with Crippen LogP contribution in [0.5, 0.6) is 11.5 Å². The van der Waals surface area contributed by atoms with Crippen LogP contribution < -0.4 is 15.0 Å². The monoisotopic (exact) mass is 515 g/mol. The molecule has 3 aromatic rings. The number of ether oxygens (including phenoxy) is 3. The Morgan fingerprint density at radius 2 is 2.00 bits per heavy atom. The number of methoxy groups -OCH3 is 2. The first-order valence-corrected chi connectivity index (χ1v) is 11.3. The van der Waals surface area contributed by atoms with Crippen molar-refractivity contribution in [1.82, 2.24) is 9.66 Å². The predicted octanol–water partition coefficient (Wildman–Crippen LogP) is 4.50. The lowest BCUT2D eigenvalue weighted by atomic mass is 10.1. The van der Waals surface area contributed by atoms with Crippen LogP contribution in [-0.4, -0.2) is 42.2 Å². The number of benzene rings is 2. The number of fused-ring (bicyclic) bond motifs is 1. The van der Waals surface area contributed by atoms with E-state index in [2.05, 4.69) is 21.0 Å². The fraction of sp³-hybridized carbons (Fsp3) is 0.333. The van der Waals surface area contributed by atoms with Crippen molar-refractivity contribution in [2.45, 2.75) is 39.2 Å². The Kier molecular flexibility index (Phi) is 7.86. The molecule has 0 aliphatic heterocycles. The molecule has 0 fully saturated rings. The molecule has 0 bridgehead atoms. The maximum atomic E-state index is 13.3. The second-order valence-electron chi connectivity index (χ2n) is 7.46. The Morgan fingerprint density at radius 1 is 1.24 bits per heavy atom. The van der Waals surface area contributed by atoms with Gasteiger partial charge in [0.05, 0.1) is 31.3 Å². The molecule has 0 amide bonds. The van der Waals surface area contributed by atoms with Crippen LogP contribution in [-0.2, 0) is 9.53 Å². The van der Waals surface area contributed by atoms with E-state index in [-0.39, 0.29) is 11.5 Å². The molecule has 0 aliphatic rings. The van der Waals surface area contributed by atoms with Crippen LogP contribution in [0.2, 0.25) is 0 Å². The summed E-state index contributed by atoms with van der Waals surface area (Å²) in [6.07, 6.45) is 1.42. The molecule has 0 unspecified atom stereocenters. The van der Waals surface area contributed by atoms with Crippen LogP contribution in [0.15, 0.2) is 50.8 Å². The number of halogens is 1. The number of rotatable bonds is 8. The van der Waals surface area contributed by atoms with Crippen molar-refractivity contribution in [3.8, 4) is 11.5 Å². The number of nitrogens with zero attached hydrogens (tertiary/aromatic N) is 3. The highest BCUT2D eigenvalue weighted by atomic mass is 79.9. The van der Waals surface area contributed by atoms with Crippen molar-refractivity contribution in [2.24, 2.45) is 5.10 Å². The molecule has 0 aliphatic carbocycles. The first-order chi connectivity index (χ1) is 15.8. The van der Waals surface area contributed by atoms with E-state index in [4.69, 9.17) is 19.2 Å². The van der Waals surface area contributed by atoms with Gasteiger partial charge in [0.2, 0.25) is 0 Å². The highest BCUT2D eigenvalue weighted by molar-refractivity contribution is 9.10. The summed E-state index contributed by atoms with van der Waals surface area (Å²) in [6.45, 7) is 5.60. The largest absolute Gasteiger partial charge is 0.493 e. The third kappa shape index (κ3) is 5.24. The lowest BCUT2D eigenvalue weighted by Crippen LogP contribution is -2.26. The number of esters is 1. The summed E-state index contributed by atoms with van der Waals surface area (Å²) in [4.78, 5) is 29.9. The van der Waals surface area contributed by atoms with Gasteiger partial charge in [0.15, 0.2) is 17.6 Å². The van der Waals surface area contributed by atoms with E-state index in [1.165, 1.54) is 25.1 Å². The van der Waals surface area contributed by atoms with E-state index < -0.39 is 12.1 Å². The molecule has 0 saturated heterocycles. The second kappa shape index (κ2) is 10.6. The second-order valence-corrected chi connectivity index (χ2v) is 8.38. The summed E-state index contributed by atoms with van der Waals surface area (Å²) >= 11 is 3.41. The molecule has 33 heavy (non-hydrogen) atoms. The van der Waals surface area contributed by atoms with Crippen molar-refractivity contribution in [3.63, 3.8) is 0 Å². The van der Waals surface area contributed by atoms with Gasteiger partial charge in [-0.15, -0.1) is 0 Å².